The molecular formula is C28H23ClN4O4S. The molecule has 5 aromatic rings. The Morgan fingerprint density at radius 3 is 2.47 bits per heavy atom. The highest BCUT2D eigenvalue weighted by Gasteiger charge is 2.28. The first-order valence-electron chi connectivity index (χ1n) is 12.2. The van der Waals surface area contributed by atoms with Crippen LogP contribution in [-0.2, 0) is 20.3 Å². The summed E-state index contributed by atoms with van der Waals surface area (Å²) in [6.07, 6.45) is 2.58. The lowest BCUT2D eigenvalue weighted by Crippen LogP contribution is -2.30. The predicted octanol–water partition coefficient (Wildman–Crippen LogP) is 4.95. The van der Waals surface area contributed by atoms with Crippen LogP contribution < -0.4 is 5.43 Å². The maximum absolute atomic E-state index is 13.2. The molecule has 192 valence electrons. The van der Waals surface area contributed by atoms with Crippen LogP contribution in [-0.4, -0.2) is 46.8 Å². The fourth-order valence-corrected chi connectivity index (χ4v) is 6.85. The molecular weight excluding hydrogens is 524 g/mol. The predicted molar refractivity (Wildman–Crippen MR) is 148 cm³/mol. The van der Waals surface area contributed by atoms with Crippen molar-refractivity contribution in [2.45, 2.75) is 23.8 Å². The second kappa shape index (κ2) is 9.90. The largest absolute Gasteiger partial charge is 0.381 e. The van der Waals surface area contributed by atoms with Gasteiger partial charge in [-0.1, -0.05) is 48.0 Å². The first-order valence-corrected chi connectivity index (χ1v) is 14.3. The summed E-state index contributed by atoms with van der Waals surface area (Å²) < 4.78 is 31.4. The number of H-pyrrole nitrogens is 1. The SMILES string of the molecule is O=c1cc(CS(=O)(=O)C2CCOCC2)[nH]c2nc(-c3ccccc3)c(-c3cc(Cl)c4ncccc4c3)nc12. The molecule has 1 aliphatic rings. The van der Waals surface area contributed by atoms with Crippen molar-refractivity contribution in [3.05, 3.63) is 87.8 Å². The first kappa shape index (κ1) is 24.7. The van der Waals surface area contributed by atoms with E-state index in [1.54, 1.807) is 12.3 Å². The van der Waals surface area contributed by atoms with Gasteiger partial charge >= 0.3 is 0 Å². The molecule has 1 N–H and O–H groups in total. The van der Waals surface area contributed by atoms with E-state index in [0.717, 1.165) is 10.9 Å². The minimum absolute atomic E-state index is 0.120. The maximum Gasteiger partial charge on any atom is 0.209 e. The summed E-state index contributed by atoms with van der Waals surface area (Å²) in [4.78, 5) is 30.2. The Morgan fingerprint density at radius 2 is 1.68 bits per heavy atom. The molecule has 1 aliphatic heterocycles. The summed E-state index contributed by atoms with van der Waals surface area (Å²) in [7, 11) is -3.48. The highest BCUT2D eigenvalue weighted by Crippen LogP contribution is 2.34. The van der Waals surface area contributed by atoms with Crippen LogP contribution in [0.25, 0.3) is 44.6 Å². The lowest BCUT2D eigenvalue weighted by molar-refractivity contribution is 0.0983. The molecule has 0 radical (unpaired) electrons. The number of nitrogens with one attached hydrogen (secondary N) is 1. The number of sulfone groups is 1. The van der Waals surface area contributed by atoms with Gasteiger partial charge in [0.2, 0.25) is 5.43 Å². The van der Waals surface area contributed by atoms with Gasteiger partial charge in [0.25, 0.3) is 0 Å². The van der Waals surface area contributed by atoms with Gasteiger partial charge in [-0.05, 0) is 31.0 Å². The lowest BCUT2D eigenvalue weighted by Gasteiger charge is -2.22. The summed E-state index contributed by atoms with van der Waals surface area (Å²) in [6, 6.07) is 18.2. The van der Waals surface area contributed by atoms with Crippen LogP contribution >= 0.6 is 11.6 Å². The number of hydrogen-bond donors (Lipinski definition) is 1. The van der Waals surface area contributed by atoms with Crippen LogP contribution in [0, 0.1) is 0 Å². The number of pyridine rings is 2. The minimum Gasteiger partial charge on any atom is -0.381 e. The number of aromatic amines is 1. The van der Waals surface area contributed by atoms with Gasteiger partial charge in [-0.3, -0.25) is 9.78 Å². The number of benzene rings is 2. The molecule has 0 spiro atoms. The third-order valence-electron chi connectivity index (χ3n) is 6.73. The molecule has 0 aliphatic carbocycles. The Morgan fingerprint density at radius 1 is 0.921 bits per heavy atom. The van der Waals surface area contributed by atoms with Crippen LogP contribution in [0.2, 0.25) is 5.02 Å². The molecule has 1 saturated heterocycles. The van der Waals surface area contributed by atoms with Gasteiger partial charge in [-0.15, -0.1) is 0 Å². The smallest absolute Gasteiger partial charge is 0.209 e. The summed E-state index contributed by atoms with van der Waals surface area (Å²) in [5.74, 6) is -0.278. The van der Waals surface area contributed by atoms with Crippen molar-refractivity contribution in [1.29, 1.82) is 0 Å². The quantitative estimate of drug-likeness (QED) is 0.332. The van der Waals surface area contributed by atoms with Gasteiger partial charge in [0.05, 0.1) is 32.9 Å². The average Bonchev–Trinajstić information content (AvgIpc) is 2.93. The number of fused-ring (bicyclic) bond motifs is 2. The van der Waals surface area contributed by atoms with Crippen molar-refractivity contribution in [2.24, 2.45) is 0 Å². The fourth-order valence-electron chi connectivity index (χ4n) is 4.84. The van der Waals surface area contributed by atoms with Gasteiger partial charge in [0.15, 0.2) is 21.0 Å². The van der Waals surface area contributed by atoms with Crippen molar-refractivity contribution < 1.29 is 13.2 Å². The molecule has 10 heteroatoms. The molecule has 8 nitrogen and oxygen atoms in total. The highest BCUT2D eigenvalue weighted by atomic mass is 35.5. The van der Waals surface area contributed by atoms with Crippen LogP contribution in [0.3, 0.4) is 0 Å². The zero-order valence-electron chi connectivity index (χ0n) is 20.2. The molecule has 2 aromatic carbocycles. The Kier molecular flexibility index (Phi) is 6.43. The second-order valence-electron chi connectivity index (χ2n) is 9.30. The Bertz CT molecular complexity index is 1840. The van der Waals surface area contributed by atoms with Gasteiger partial charge in [0, 0.05) is 47.7 Å². The van der Waals surface area contributed by atoms with E-state index in [1.165, 1.54) is 6.07 Å². The van der Waals surface area contributed by atoms with Crippen LogP contribution in [0.5, 0.6) is 0 Å². The summed E-state index contributed by atoms with van der Waals surface area (Å²) >= 11 is 6.56. The van der Waals surface area contributed by atoms with E-state index in [-0.39, 0.29) is 22.6 Å². The van der Waals surface area contributed by atoms with Gasteiger partial charge in [-0.25, -0.2) is 18.4 Å². The van der Waals surface area contributed by atoms with Gasteiger partial charge < -0.3 is 9.72 Å². The van der Waals surface area contributed by atoms with Crippen molar-refractivity contribution in [1.82, 2.24) is 19.9 Å². The fraction of sp³-hybridized carbons (Fsp3) is 0.214. The maximum atomic E-state index is 13.2. The van der Waals surface area contributed by atoms with Crippen LogP contribution in [0.15, 0.2) is 71.7 Å². The molecule has 0 amide bonds. The van der Waals surface area contributed by atoms with Gasteiger partial charge in [-0.2, -0.15) is 0 Å². The third-order valence-corrected chi connectivity index (χ3v) is 9.21. The monoisotopic (exact) mass is 546 g/mol. The minimum atomic E-state index is -3.48. The Labute approximate surface area is 223 Å². The number of halogens is 1. The molecule has 38 heavy (non-hydrogen) atoms. The van der Waals surface area contributed by atoms with E-state index in [9.17, 15) is 13.2 Å². The molecule has 3 aromatic heterocycles. The second-order valence-corrected chi connectivity index (χ2v) is 12.0. The molecule has 4 heterocycles. The van der Waals surface area contributed by atoms with Crippen LogP contribution in [0.4, 0.5) is 0 Å². The average molecular weight is 547 g/mol. The number of rotatable bonds is 5. The number of nitrogens with zero attached hydrogens (tertiary/aromatic N) is 3. The number of ether oxygens (including phenoxy) is 1. The lowest BCUT2D eigenvalue weighted by atomic mass is 10.0. The van der Waals surface area contributed by atoms with Crippen molar-refractivity contribution in [2.75, 3.05) is 13.2 Å². The molecule has 0 saturated carbocycles. The van der Waals surface area contributed by atoms with Crippen molar-refractivity contribution in [3.8, 4) is 22.5 Å². The molecule has 1 fully saturated rings. The molecule has 0 unspecified atom stereocenters. The Hall–Kier alpha value is -3.66. The molecule has 0 bridgehead atoms. The van der Waals surface area contributed by atoms with Crippen molar-refractivity contribution in [3.63, 3.8) is 0 Å². The summed E-state index contributed by atoms with van der Waals surface area (Å²) in [5, 5.41) is 0.802. The van der Waals surface area contributed by atoms with E-state index < -0.39 is 20.5 Å². The summed E-state index contributed by atoms with van der Waals surface area (Å²) in [5.41, 5.74) is 3.41. The number of hydrogen-bond acceptors (Lipinski definition) is 7. The van der Waals surface area contributed by atoms with Crippen molar-refractivity contribution >= 4 is 43.5 Å². The standard InChI is InChI=1S/C28H23ClN4O4S/c29-22-14-19(13-18-7-4-10-30-24(18)22)26-25(17-5-2-1-3-6-17)33-28-27(32-26)23(34)15-20(31-28)16-38(35,36)21-8-11-37-12-9-21/h1-7,10,13-15,21H,8-9,11-12,16H2,(H,31,33,34). The normalized spacial score (nSPS) is 14.8. The zero-order chi connectivity index (χ0) is 26.3. The van der Waals surface area contributed by atoms with Gasteiger partial charge in [0.1, 0.15) is 0 Å². The van der Waals surface area contributed by atoms with E-state index in [0.29, 0.717) is 53.5 Å². The first-order chi connectivity index (χ1) is 18.4. The van der Waals surface area contributed by atoms with Crippen LogP contribution in [0.1, 0.15) is 18.5 Å². The summed E-state index contributed by atoms with van der Waals surface area (Å²) in [6.45, 7) is 0.837. The topological polar surface area (TPSA) is 115 Å². The van der Waals surface area contributed by atoms with E-state index in [2.05, 4.69) is 9.97 Å². The highest BCUT2D eigenvalue weighted by molar-refractivity contribution is 7.91. The third kappa shape index (κ3) is 4.69. The molecule has 6 rings (SSSR count). The Balaban J connectivity index is 1.51. The molecule has 0 atom stereocenters. The van der Waals surface area contributed by atoms with E-state index in [1.807, 2.05) is 48.5 Å². The number of aromatic nitrogens is 4. The van der Waals surface area contributed by atoms with E-state index >= 15 is 0 Å². The zero-order valence-corrected chi connectivity index (χ0v) is 21.8. The van der Waals surface area contributed by atoms with E-state index in [4.69, 9.17) is 26.3 Å².